The second-order valence-electron chi connectivity index (χ2n) is 4.55. The Morgan fingerprint density at radius 2 is 2.22 bits per heavy atom. The maximum atomic E-state index is 12.3. The topological polar surface area (TPSA) is 29.1 Å². The average Bonchev–Trinajstić information content (AvgIpc) is 2.79. The van der Waals surface area contributed by atoms with Crippen molar-refractivity contribution >= 4 is 60.4 Å². The van der Waals surface area contributed by atoms with Crippen LogP contribution in [0.1, 0.15) is 29.6 Å². The largest absolute Gasteiger partial charge is 0.349 e. The summed E-state index contributed by atoms with van der Waals surface area (Å²) in [4.78, 5) is 12.3. The summed E-state index contributed by atoms with van der Waals surface area (Å²) in [5.41, 5.74) is 0.755. The Morgan fingerprint density at radius 3 is 2.94 bits per heavy atom. The second-order valence-corrected chi connectivity index (χ2v) is 7.27. The van der Waals surface area contributed by atoms with Gasteiger partial charge in [-0.25, -0.2) is 0 Å². The summed E-state index contributed by atoms with van der Waals surface area (Å²) in [6.45, 7) is 0. The first-order valence-corrected chi connectivity index (χ1v) is 8.93. The van der Waals surface area contributed by atoms with Gasteiger partial charge in [0.1, 0.15) is 0 Å². The molecule has 1 aromatic carbocycles. The van der Waals surface area contributed by atoms with E-state index in [1.165, 1.54) is 12.8 Å². The molecule has 1 fully saturated rings. The molecule has 1 aliphatic carbocycles. The van der Waals surface area contributed by atoms with Crippen LogP contribution in [0.25, 0.3) is 0 Å². The molecule has 1 saturated carbocycles. The Labute approximate surface area is 138 Å². The van der Waals surface area contributed by atoms with Gasteiger partial charge in [-0.1, -0.05) is 38.3 Å². The number of hydrogen-bond acceptors (Lipinski definition) is 1. The number of halogens is 3. The zero-order valence-corrected chi connectivity index (χ0v) is 15.1. The fourth-order valence-electron chi connectivity index (χ4n) is 2.33. The molecule has 2 rings (SSSR count). The first kappa shape index (κ1) is 14.8. The first-order chi connectivity index (χ1) is 8.61. The fraction of sp³-hybridized carbons (Fsp3) is 0.462. The molecule has 2 unspecified atom stereocenters. The molecule has 98 valence electrons. The van der Waals surface area contributed by atoms with Crippen molar-refractivity contribution in [1.29, 1.82) is 0 Å². The maximum absolute atomic E-state index is 12.3. The van der Waals surface area contributed by atoms with Crippen molar-refractivity contribution in [2.24, 2.45) is 5.92 Å². The minimum atomic E-state index is 0.0403. The smallest absolute Gasteiger partial charge is 0.252 e. The van der Waals surface area contributed by atoms with Gasteiger partial charge in [0.15, 0.2) is 0 Å². The molecule has 0 bridgehead atoms. The quantitative estimate of drug-likeness (QED) is 0.499. The summed E-state index contributed by atoms with van der Waals surface area (Å²) in [6.07, 6.45) is 3.50. The van der Waals surface area contributed by atoms with Gasteiger partial charge in [0.05, 0.1) is 5.56 Å². The van der Waals surface area contributed by atoms with E-state index in [1.54, 1.807) is 0 Å². The molecule has 18 heavy (non-hydrogen) atoms. The third-order valence-corrected chi connectivity index (χ3v) is 5.61. The van der Waals surface area contributed by atoms with Crippen LogP contribution in [-0.4, -0.2) is 17.3 Å². The summed E-state index contributed by atoms with van der Waals surface area (Å²) in [7, 11) is 0. The van der Waals surface area contributed by atoms with Crippen molar-refractivity contribution in [2.45, 2.75) is 25.3 Å². The maximum Gasteiger partial charge on any atom is 0.252 e. The Morgan fingerprint density at radius 1 is 1.44 bits per heavy atom. The van der Waals surface area contributed by atoms with Gasteiger partial charge in [-0.05, 0) is 59.5 Å². The van der Waals surface area contributed by atoms with E-state index in [1.807, 2.05) is 18.2 Å². The van der Waals surface area contributed by atoms with E-state index in [2.05, 4.69) is 59.8 Å². The van der Waals surface area contributed by atoms with Crippen LogP contribution in [0.2, 0.25) is 0 Å². The summed E-state index contributed by atoms with van der Waals surface area (Å²) in [6, 6.07) is 6.10. The summed E-state index contributed by atoms with van der Waals surface area (Å²) in [5, 5.41) is 4.14. The molecular formula is C13H14Br2INO. The van der Waals surface area contributed by atoms with E-state index in [0.717, 1.165) is 25.4 Å². The van der Waals surface area contributed by atoms with Crippen LogP contribution in [0.15, 0.2) is 22.7 Å². The molecule has 0 heterocycles. The van der Waals surface area contributed by atoms with Crippen molar-refractivity contribution in [2.75, 3.05) is 5.33 Å². The Bertz CT molecular complexity index is 453. The lowest BCUT2D eigenvalue weighted by Gasteiger charge is -2.19. The zero-order chi connectivity index (χ0) is 13.1. The molecule has 1 amide bonds. The van der Waals surface area contributed by atoms with Gasteiger partial charge >= 0.3 is 0 Å². The van der Waals surface area contributed by atoms with E-state index < -0.39 is 0 Å². The lowest BCUT2D eigenvalue weighted by molar-refractivity contribution is 0.0929. The molecule has 0 saturated heterocycles. The van der Waals surface area contributed by atoms with E-state index in [4.69, 9.17) is 0 Å². The third-order valence-electron chi connectivity index (χ3n) is 3.35. The monoisotopic (exact) mass is 485 g/mol. The molecule has 0 aliphatic heterocycles. The van der Waals surface area contributed by atoms with Crippen molar-refractivity contribution < 1.29 is 4.79 Å². The van der Waals surface area contributed by atoms with Gasteiger partial charge in [0.25, 0.3) is 5.91 Å². The molecule has 1 N–H and O–H groups in total. The molecule has 5 heteroatoms. The normalized spacial score (nSPS) is 23.1. The lowest BCUT2D eigenvalue weighted by atomic mass is 10.1. The van der Waals surface area contributed by atoms with Crippen molar-refractivity contribution in [3.63, 3.8) is 0 Å². The number of alkyl halides is 1. The predicted octanol–water partition coefficient (Wildman–Crippen LogP) is 4.35. The number of benzene rings is 1. The highest BCUT2D eigenvalue weighted by atomic mass is 127. The van der Waals surface area contributed by atoms with Crippen LogP contribution in [-0.2, 0) is 0 Å². The highest BCUT2D eigenvalue weighted by Crippen LogP contribution is 2.28. The molecule has 1 aliphatic rings. The minimum Gasteiger partial charge on any atom is -0.349 e. The molecule has 2 nitrogen and oxygen atoms in total. The number of hydrogen-bond donors (Lipinski definition) is 1. The minimum absolute atomic E-state index is 0.0403. The van der Waals surface area contributed by atoms with Crippen LogP contribution in [0.4, 0.5) is 0 Å². The highest BCUT2D eigenvalue weighted by molar-refractivity contribution is 14.1. The summed E-state index contributed by atoms with van der Waals surface area (Å²) >= 11 is 9.14. The number of carbonyl (C=O) groups is 1. The standard InChI is InChI=1S/C13H14Br2INO/c14-7-8-2-1-3-12(8)17-13(18)10-6-9(15)4-5-11(10)16/h4-6,8,12H,1-3,7H2,(H,17,18). The zero-order valence-electron chi connectivity index (χ0n) is 9.76. The van der Waals surface area contributed by atoms with Crippen LogP contribution < -0.4 is 5.32 Å². The van der Waals surface area contributed by atoms with Crippen molar-refractivity contribution in [3.05, 3.63) is 31.8 Å². The molecule has 0 aromatic heterocycles. The number of amides is 1. The number of carbonyl (C=O) groups excluding carboxylic acids is 1. The van der Waals surface area contributed by atoms with E-state index >= 15 is 0 Å². The predicted molar refractivity (Wildman–Crippen MR) is 89.2 cm³/mol. The van der Waals surface area contributed by atoms with Gasteiger partial charge in [0, 0.05) is 19.4 Å². The molecule has 1 aromatic rings. The van der Waals surface area contributed by atoms with E-state index in [-0.39, 0.29) is 5.91 Å². The fourth-order valence-corrected chi connectivity index (χ4v) is 4.05. The highest BCUT2D eigenvalue weighted by Gasteiger charge is 2.28. The molecule has 0 spiro atoms. The van der Waals surface area contributed by atoms with E-state index in [0.29, 0.717) is 12.0 Å². The SMILES string of the molecule is O=C(NC1CCCC1CBr)c1cc(Br)ccc1I. The lowest BCUT2D eigenvalue weighted by Crippen LogP contribution is -2.38. The molecule has 0 radical (unpaired) electrons. The van der Waals surface area contributed by atoms with Gasteiger partial charge in [0.2, 0.25) is 0 Å². The number of rotatable bonds is 3. The van der Waals surface area contributed by atoms with Crippen molar-refractivity contribution in [3.8, 4) is 0 Å². The first-order valence-electron chi connectivity index (χ1n) is 5.93. The van der Waals surface area contributed by atoms with E-state index in [9.17, 15) is 4.79 Å². The molecular weight excluding hydrogens is 473 g/mol. The average molecular weight is 487 g/mol. The Balaban J connectivity index is 2.09. The number of nitrogens with one attached hydrogen (secondary N) is 1. The van der Waals surface area contributed by atoms with Gasteiger partial charge in [-0.2, -0.15) is 0 Å². The molecule has 2 atom stereocenters. The van der Waals surface area contributed by atoms with Crippen molar-refractivity contribution in [1.82, 2.24) is 5.32 Å². The Kier molecular flexibility index (Phi) is 5.50. The summed E-state index contributed by atoms with van der Waals surface area (Å²) < 4.78 is 1.93. The Hall–Kier alpha value is 0.380. The van der Waals surface area contributed by atoms with Gasteiger partial charge < -0.3 is 5.32 Å². The van der Waals surface area contributed by atoms with Crippen LogP contribution in [0, 0.1) is 9.49 Å². The third kappa shape index (κ3) is 3.48. The van der Waals surface area contributed by atoms with Crippen LogP contribution in [0.3, 0.4) is 0 Å². The van der Waals surface area contributed by atoms with Crippen LogP contribution >= 0.6 is 54.5 Å². The second kappa shape index (κ2) is 6.70. The van der Waals surface area contributed by atoms with Gasteiger partial charge in [-0.15, -0.1) is 0 Å². The van der Waals surface area contributed by atoms with Gasteiger partial charge in [-0.3, -0.25) is 4.79 Å². The summed E-state index contributed by atoms with van der Waals surface area (Å²) in [5.74, 6) is 0.609. The van der Waals surface area contributed by atoms with Crippen LogP contribution in [0.5, 0.6) is 0 Å².